The van der Waals surface area contributed by atoms with Crippen molar-refractivity contribution in [3.63, 3.8) is 0 Å². The summed E-state index contributed by atoms with van der Waals surface area (Å²) in [6, 6.07) is 29.6. The van der Waals surface area contributed by atoms with Crippen molar-refractivity contribution in [2.45, 2.75) is 43.9 Å². The van der Waals surface area contributed by atoms with Crippen LogP contribution in [0.5, 0.6) is 0 Å². The van der Waals surface area contributed by atoms with Gasteiger partial charge in [0.05, 0.1) is 33.0 Å². The standard InChI is InChI=1S/C28H32O6/c1-30-20-28(21-31-17-22-11-5-2-6-12-22)26(33-19-24-15-9-4-10-16-24)25(27(29)34-28)32-18-23-13-7-3-8-14-23/h2-16,25-27,29H,17-21H2,1H3/t25-,26+,27?,28+/m0/s1. The van der Waals surface area contributed by atoms with Gasteiger partial charge in [0.2, 0.25) is 0 Å². The SMILES string of the molecule is COC[C@]1(COCc2ccccc2)OC(O)[C@@H](OCc2ccccc2)[C@H]1OCc1ccccc1. The molecule has 0 spiro atoms. The maximum atomic E-state index is 10.9. The molecule has 0 radical (unpaired) electrons. The van der Waals surface area contributed by atoms with Gasteiger partial charge in [-0.3, -0.25) is 0 Å². The number of aliphatic hydroxyl groups is 1. The largest absolute Gasteiger partial charge is 0.381 e. The molecule has 6 nitrogen and oxygen atoms in total. The minimum Gasteiger partial charge on any atom is -0.381 e. The Morgan fingerprint density at radius 3 is 1.74 bits per heavy atom. The highest BCUT2D eigenvalue weighted by molar-refractivity contribution is 5.16. The van der Waals surface area contributed by atoms with Gasteiger partial charge in [-0.15, -0.1) is 0 Å². The number of rotatable bonds is 12. The van der Waals surface area contributed by atoms with E-state index in [1.54, 1.807) is 7.11 Å². The summed E-state index contributed by atoms with van der Waals surface area (Å²) in [6.07, 6.45) is -2.50. The van der Waals surface area contributed by atoms with Gasteiger partial charge in [-0.2, -0.15) is 0 Å². The van der Waals surface area contributed by atoms with Crippen LogP contribution >= 0.6 is 0 Å². The molecule has 1 aliphatic heterocycles. The Balaban J connectivity index is 1.51. The molecule has 0 aliphatic carbocycles. The number of hydrogen-bond donors (Lipinski definition) is 1. The van der Waals surface area contributed by atoms with E-state index in [2.05, 4.69) is 0 Å². The lowest BCUT2D eigenvalue weighted by molar-refractivity contribution is -0.204. The molecule has 4 rings (SSSR count). The molecule has 1 heterocycles. The van der Waals surface area contributed by atoms with Gasteiger partial charge in [-0.25, -0.2) is 0 Å². The van der Waals surface area contributed by atoms with E-state index in [1.165, 1.54) is 0 Å². The molecule has 0 amide bonds. The summed E-state index contributed by atoms with van der Waals surface area (Å²) < 4.78 is 30.2. The number of hydrogen-bond acceptors (Lipinski definition) is 6. The first kappa shape index (κ1) is 24.5. The van der Waals surface area contributed by atoms with Crippen molar-refractivity contribution < 1.29 is 28.8 Å². The van der Waals surface area contributed by atoms with E-state index in [4.69, 9.17) is 23.7 Å². The van der Waals surface area contributed by atoms with E-state index >= 15 is 0 Å². The van der Waals surface area contributed by atoms with Crippen molar-refractivity contribution in [3.8, 4) is 0 Å². The van der Waals surface area contributed by atoms with Gasteiger partial charge in [0.1, 0.15) is 17.8 Å². The molecule has 0 bridgehead atoms. The van der Waals surface area contributed by atoms with E-state index in [-0.39, 0.29) is 13.2 Å². The second-order valence-corrected chi connectivity index (χ2v) is 8.46. The highest BCUT2D eigenvalue weighted by Gasteiger charge is 2.57. The molecule has 6 heteroatoms. The Morgan fingerprint density at radius 2 is 1.21 bits per heavy atom. The lowest BCUT2D eigenvalue weighted by Gasteiger charge is -2.34. The Labute approximate surface area is 201 Å². The summed E-state index contributed by atoms with van der Waals surface area (Å²) in [5, 5.41) is 10.9. The fourth-order valence-electron chi connectivity index (χ4n) is 4.20. The van der Waals surface area contributed by atoms with Crippen molar-refractivity contribution in [1.82, 2.24) is 0 Å². The fourth-order valence-corrected chi connectivity index (χ4v) is 4.20. The molecule has 0 aromatic heterocycles. The van der Waals surface area contributed by atoms with Crippen LogP contribution < -0.4 is 0 Å². The van der Waals surface area contributed by atoms with Gasteiger partial charge in [-0.05, 0) is 16.7 Å². The average Bonchev–Trinajstić information content (AvgIpc) is 3.13. The lowest BCUT2D eigenvalue weighted by Crippen LogP contribution is -2.52. The van der Waals surface area contributed by atoms with Crippen molar-refractivity contribution in [2.24, 2.45) is 0 Å². The van der Waals surface area contributed by atoms with Crippen LogP contribution in [0.25, 0.3) is 0 Å². The van der Waals surface area contributed by atoms with Crippen molar-refractivity contribution in [1.29, 1.82) is 0 Å². The summed E-state index contributed by atoms with van der Waals surface area (Å²) in [4.78, 5) is 0. The van der Waals surface area contributed by atoms with Gasteiger partial charge in [0.15, 0.2) is 6.29 Å². The molecule has 1 unspecified atom stereocenters. The minimum atomic E-state index is -1.18. The van der Waals surface area contributed by atoms with E-state index in [0.717, 1.165) is 16.7 Å². The smallest absolute Gasteiger partial charge is 0.184 e. The number of aliphatic hydroxyl groups excluding tert-OH is 1. The second-order valence-electron chi connectivity index (χ2n) is 8.46. The Morgan fingerprint density at radius 1 is 0.706 bits per heavy atom. The molecule has 1 aliphatic rings. The Hall–Kier alpha value is -2.58. The first-order chi connectivity index (χ1) is 16.7. The number of methoxy groups -OCH3 is 1. The van der Waals surface area contributed by atoms with Crippen LogP contribution in [0.15, 0.2) is 91.0 Å². The predicted molar refractivity (Wildman–Crippen MR) is 128 cm³/mol. The summed E-state index contributed by atoms with van der Waals surface area (Å²) in [6.45, 7) is 1.44. The summed E-state index contributed by atoms with van der Waals surface area (Å²) in [5.74, 6) is 0. The summed E-state index contributed by atoms with van der Waals surface area (Å²) in [7, 11) is 1.60. The number of ether oxygens (including phenoxy) is 5. The molecular formula is C28H32O6. The fraction of sp³-hybridized carbons (Fsp3) is 0.357. The molecule has 1 fully saturated rings. The van der Waals surface area contributed by atoms with Crippen molar-refractivity contribution in [2.75, 3.05) is 20.3 Å². The van der Waals surface area contributed by atoms with Crippen LogP contribution in [0.2, 0.25) is 0 Å². The van der Waals surface area contributed by atoms with Gasteiger partial charge < -0.3 is 28.8 Å². The van der Waals surface area contributed by atoms with Crippen LogP contribution in [-0.4, -0.2) is 49.5 Å². The highest BCUT2D eigenvalue weighted by atomic mass is 16.7. The first-order valence-corrected chi connectivity index (χ1v) is 11.5. The predicted octanol–water partition coefficient (Wildman–Crippen LogP) is 4.11. The van der Waals surface area contributed by atoms with Crippen molar-refractivity contribution in [3.05, 3.63) is 108 Å². The van der Waals surface area contributed by atoms with Gasteiger partial charge in [0.25, 0.3) is 0 Å². The van der Waals surface area contributed by atoms with Crippen LogP contribution in [0.3, 0.4) is 0 Å². The maximum Gasteiger partial charge on any atom is 0.184 e. The third-order valence-corrected chi connectivity index (χ3v) is 5.86. The zero-order valence-corrected chi connectivity index (χ0v) is 19.4. The molecule has 3 aromatic rings. The molecule has 3 aromatic carbocycles. The van der Waals surface area contributed by atoms with E-state index in [9.17, 15) is 5.11 Å². The van der Waals surface area contributed by atoms with Crippen LogP contribution in [0.4, 0.5) is 0 Å². The van der Waals surface area contributed by atoms with Crippen LogP contribution in [0.1, 0.15) is 16.7 Å². The van der Waals surface area contributed by atoms with E-state index in [1.807, 2.05) is 91.0 Å². The third kappa shape index (κ3) is 6.30. The molecule has 1 saturated heterocycles. The average molecular weight is 465 g/mol. The Kier molecular flexibility index (Phi) is 8.82. The zero-order valence-electron chi connectivity index (χ0n) is 19.4. The van der Waals surface area contributed by atoms with Crippen molar-refractivity contribution >= 4 is 0 Å². The topological polar surface area (TPSA) is 66.4 Å². The normalized spacial score (nSPS) is 24.4. The van der Waals surface area contributed by atoms with Gasteiger partial charge >= 0.3 is 0 Å². The highest BCUT2D eigenvalue weighted by Crippen LogP contribution is 2.36. The first-order valence-electron chi connectivity index (χ1n) is 11.5. The number of benzene rings is 3. The monoisotopic (exact) mass is 464 g/mol. The van der Waals surface area contributed by atoms with Crippen LogP contribution in [-0.2, 0) is 43.5 Å². The summed E-state index contributed by atoms with van der Waals surface area (Å²) in [5.41, 5.74) is 2.04. The third-order valence-electron chi connectivity index (χ3n) is 5.86. The second kappa shape index (κ2) is 12.2. The quantitative estimate of drug-likeness (QED) is 0.435. The molecule has 0 saturated carbocycles. The lowest BCUT2D eigenvalue weighted by atomic mass is 9.96. The Bertz CT molecular complexity index is 968. The van der Waals surface area contributed by atoms with E-state index < -0.39 is 24.1 Å². The minimum absolute atomic E-state index is 0.178. The zero-order chi connectivity index (χ0) is 23.6. The molecule has 180 valence electrons. The van der Waals surface area contributed by atoms with Crippen LogP contribution in [0, 0.1) is 0 Å². The van der Waals surface area contributed by atoms with Gasteiger partial charge in [0, 0.05) is 7.11 Å². The molecule has 4 atom stereocenters. The maximum absolute atomic E-state index is 10.9. The molecule has 1 N–H and O–H groups in total. The molecule has 34 heavy (non-hydrogen) atoms. The van der Waals surface area contributed by atoms with Gasteiger partial charge in [-0.1, -0.05) is 91.0 Å². The van der Waals surface area contributed by atoms with E-state index in [0.29, 0.717) is 19.8 Å². The summed E-state index contributed by atoms with van der Waals surface area (Å²) >= 11 is 0. The molecular weight excluding hydrogens is 432 g/mol.